The first-order valence-electron chi connectivity index (χ1n) is 6.31. The molecular weight excluding hydrogens is 287 g/mol. The zero-order valence-corrected chi connectivity index (χ0v) is 14.6. The molecule has 2 aromatic rings. The Morgan fingerprint density at radius 3 is 0.900 bits per heavy atom. The molecule has 0 bridgehead atoms. The van der Waals surface area contributed by atoms with Crippen molar-refractivity contribution in [2.24, 2.45) is 0 Å². The van der Waals surface area contributed by atoms with Crippen LogP contribution in [0, 0.1) is 53.7 Å². The minimum atomic E-state index is 0. The largest absolute Gasteiger partial charge is 1.00 e. The molecule has 0 aromatic heterocycles. The molecule has 0 heterocycles. The van der Waals surface area contributed by atoms with Gasteiger partial charge in [0.1, 0.15) is 0 Å². The van der Waals surface area contributed by atoms with Gasteiger partial charge in [0.2, 0.25) is 0 Å². The van der Waals surface area contributed by atoms with Crippen LogP contribution < -0.4 is 18.9 Å². The van der Waals surface area contributed by atoms with E-state index in [0.29, 0.717) is 0 Å². The van der Waals surface area contributed by atoms with Crippen LogP contribution in [-0.2, 0) is 17.1 Å². The molecule has 0 aliphatic rings. The van der Waals surface area contributed by atoms with Gasteiger partial charge in [0, 0.05) is 0 Å². The fraction of sp³-hybridized carbons (Fsp3) is 0.333. The summed E-state index contributed by atoms with van der Waals surface area (Å²) in [5, 5.41) is 0. The molecule has 0 atom stereocenters. The molecular formula is C18H22CuLi. The third kappa shape index (κ3) is 8.67. The van der Waals surface area contributed by atoms with Crippen LogP contribution >= 0.6 is 0 Å². The smallest absolute Gasteiger partial charge is 0.177 e. The van der Waals surface area contributed by atoms with E-state index in [9.17, 15) is 0 Å². The van der Waals surface area contributed by atoms with Gasteiger partial charge in [-0.25, -0.2) is 0 Å². The van der Waals surface area contributed by atoms with Crippen molar-refractivity contribution in [1.29, 1.82) is 0 Å². The summed E-state index contributed by atoms with van der Waals surface area (Å²) < 4.78 is 0. The quantitative estimate of drug-likeness (QED) is 0.514. The van der Waals surface area contributed by atoms with E-state index >= 15 is 0 Å². The standard InChI is InChI=1S/2C9H11.Cu.Li/c2*1-7-4-8(2)6-9(3)5-7;;/h2*4-5H,1-3H3;;/q2*-1;2*+1. The Morgan fingerprint density at radius 2 is 0.750 bits per heavy atom. The Labute approximate surface area is 147 Å². The van der Waals surface area contributed by atoms with E-state index in [0.717, 1.165) is 0 Å². The first-order valence-corrected chi connectivity index (χ1v) is 6.31. The predicted octanol–water partition coefficient (Wildman–Crippen LogP) is 1.83. The Morgan fingerprint density at radius 1 is 0.550 bits per heavy atom. The summed E-state index contributed by atoms with van der Waals surface area (Å²) >= 11 is 0. The Bertz CT molecular complexity index is 382. The molecule has 0 fully saturated rings. The van der Waals surface area contributed by atoms with E-state index in [2.05, 4.69) is 77.9 Å². The summed E-state index contributed by atoms with van der Waals surface area (Å²) in [5.41, 5.74) is 7.56. The van der Waals surface area contributed by atoms with Crippen LogP contribution in [0.3, 0.4) is 0 Å². The van der Waals surface area contributed by atoms with Gasteiger partial charge >= 0.3 is 35.9 Å². The number of rotatable bonds is 0. The summed E-state index contributed by atoms with van der Waals surface area (Å²) in [6.07, 6.45) is 0. The second kappa shape index (κ2) is 10.3. The molecule has 0 aliphatic carbocycles. The summed E-state index contributed by atoms with van der Waals surface area (Å²) in [7, 11) is 0. The van der Waals surface area contributed by atoms with E-state index in [1.807, 2.05) is 0 Å². The zero-order valence-electron chi connectivity index (χ0n) is 13.6. The first kappa shape index (κ1) is 21.8. The topological polar surface area (TPSA) is 0 Å². The van der Waals surface area contributed by atoms with Gasteiger partial charge in [-0.2, -0.15) is 69.8 Å². The third-order valence-electron chi connectivity index (χ3n) is 2.57. The van der Waals surface area contributed by atoms with Gasteiger partial charge in [0.25, 0.3) is 0 Å². The molecule has 106 valence electrons. The van der Waals surface area contributed by atoms with Crippen molar-refractivity contribution < 1.29 is 35.9 Å². The molecule has 0 amide bonds. The maximum absolute atomic E-state index is 3.21. The van der Waals surface area contributed by atoms with E-state index in [4.69, 9.17) is 0 Å². The third-order valence-corrected chi connectivity index (χ3v) is 2.57. The average molecular weight is 309 g/mol. The van der Waals surface area contributed by atoms with E-state index in [1.165, 1.54) is 33.4 Å². The summed E-state index contributed by atoms with van der Waals surface area (Å²) in [4.78, 5) is 0. The second-order valence-corrected chi connectivity index (χ2v) is 5.05. The molecule has 0 N–H and O–H groups in total. The van der Waals surface area contributed by atoms with Crippen molar-refractivity contribution in [3.05, 3.63) is 69.8 Å². The van der Waals surface area contributed by atoms with Gasteiger partial charge in [-0.1, -0.05) is 41.5 Å². The summed E-state index contributed by atoms with van der Waals surface area (Å²) in [6, 6.07) is 14.9. The van der Waals surface area contributed by atoms with Crippen LogP contribution in [0.1, 0.15) is 33.4 Å². The average Bonchev–Trinajstić information content (AvgIpc) is 2.12. The minimum Gasteiger partial charge on any atom is -0.177 e. The summed E-state index contributed by atoms with van der Waals surface area (Å²) in [6.45, 7) is 12.5. The number of hydrogen-bond donors (Lipinski definition) is 0. The summed E-state index contributed by atoms with van der Waals surface area (Å²) in [5.74, 6) is 0. The molecule has 20 heavy (non-hydrogen) atoms. The molecule has 0 saturated heterocycles. The van der Waals surface area contributed by atoms with E-state index in [-0.39, 0.29) is 35.9 Å². The monoisotopic (exact) mass is 308 g/mol. The van der Waals surface area contributed by atoms with Crippen LogP contribution in [0.25, 0.3) is 0 Å². The maximum Gasteiger partial charge on any atom is 1.00 e. The molecule has 0 unspecified atom stereocenters. The molecule has 0 saturated carbocycles. The second-order valence-electron chi connectivity index (χ2n) is 5.05. The number of hydrogen-bond acceptors (Lipinski definition) is 0. The Kier molecular flexibility index (Phi) is 11.3. The minimum absolute atomic E-state index is 0. The Balaban J connectivity index is 0. The Hall–Kier alpha value is -0.443. The van der Waals surface area contributed by atoms with Crippen molar-refractivity contribution in [3.8, 4) is 0 Å². The van der Waals surface area contributed by atoms with Crippen LogP contribution in [0.4, 0.5) is 0 Å². The predicted molar refractivity (Wildman–Crippen MR) is 79.0 cm³/mol. The molecule has 0 nitrogen and oxygen atoms in total. The number of aryl methyl sites for hydroxylation is 6. The normalized spacial score (nSPS) is 8.70. The van der Waals surface area contributed by atoms with Crippen molar-refractivity contribution in [3.63, 3.8) is 0 Å². The van der Waals surface area contributed by atoms with Crippen molar-refractivity contribution in [2.45, 2.75) is 41.5 Å². The van der Waals surface area contributed by atoms with Gasteiger partial charge in [0.15, 0.2) is 0 Å². The van der Waals surface area contributed by atoms with Crippen molar-refractivity contribution >= 4 is 0 Å². The molecule has 2 aromatic carbocycles. The van der Waals surface area contributed by atoms with Crippen LogP contribution in [-0.4, -0.2) is 0 Å². The van der Waals surface area contributed by atoms with Crippen molar-refractivity contribution in [2.75, 3.05) is 0 Å². The van der Waals surface area contributed by atoms with Crippen LogP contribution in [0.2, 0.25) is 0 Å². The molecule has 0 aliphatic heterocycles. The fourth-order valence-corrected chi connectivity index (χ4v) is 2.22. The van der Waals surface area contributed by atoms with E-state index < -0.39 is 0 Å². The van der Waals surface area contributed by atoms with Crippen LogP contribution in [0.15, 0.2) is 24.3 Å². The van der Waals surface area contributed by atoms with Crippen LogP contribution in [0.5, 0.6) is 0 Å². The number of benzene rings is 2. The molecule has 2 rings (SSSR count). The SMILES string of the molecule is Cc1[c-]c(C)cc(C)c1.Cc1[c-]c(C)cc(C)c1.[Cu+].[Li+]. The van der Waals surface area contributed by atoms with E-state index in [1.54, 1.807) is 0 Å². The first-order chi connectivity index (χ1) is 8.36. The van der Waals surface area contributed by atoms with Gasteiger partial charge in [0.05, 0.1) is 0 Å². The van der Waals surface area contributed by atoms with Crippen molar-refractivity contribution in [1.82, 2.24) is 0 Å². The van der Waals surface area contributed by atoms with Gasteiger partial charge < -0.3 is 0 Å². The van der Waals surface area contributed by atoms with Gasteiger partial charge in [-0.15, -0.1) is 0 Å². The molecule has 2 heteroatoms. The molecule has 0 spiro atoms. The zero-order chi connectivity index (χ0) is 13.7. The molecule has 0 radical (unpaired) electrons. The van der Waals surface area contributed by atoms with Gasteiger partial charge in [-0.05, 0) is 0 Å². The van der Waals surface area contributed by atoms with Gasteiger partial charge in [-0.3, -0.25) is 0 Å². The fourth-order valence-electron chi connectivity index (χ4n) is 2.22. The maximum atomic E-state index is 3.21.